The lowest BCUT2D eigenvalue weighted by Crippen LogP contribution is -2.38. The van der Waals surface area contributed by atoms with E-state index in [0.29, 0.717) is 22.6 Å². The molecule has 0 heterocycles. The molecule has 2 aromatic carbocycles. The number of hydrogen-bond acceptors (Lipinski definition) is 2. The molecule has 1 atom stereocenters. The maximum Gasteiger partial charge on any atom is 0.251 e. The van der Waals surface area contributed by atoms with Gasteiger partial charge in [0.1, 0.15) is 0 Å². The third-order valence-corrected chi connectivity index (χ3v) is 4.55. The Kier molecular flexibility index (Phi) is 4.03. The summed E-state index contributed by atoms with van der Waals surface area (Å²) in [6.45, 7) is 6.25. The minimum absolute atomic E-state index is 0.00107. The number of hydrogen-bond donors (Lipinski definition) is 1. The maximum absolute atomic E-state index is 12.5. The summed E-state index contributed by atoms with van der Waals surface area (Å²) in [5.74, 6) is 0.266. The first-order valence-corrected chi connectivity index (χ1v) is 8.12. The van der Waals surface area contributed by atoms with Crippen molar-refractivity contribution >= 4 is 11.7 Å². The van der Waals surface area contributed by atoms with E-state index in [9.17, 15) is 9.59 Å². The Morgan fingerprint density at radius 1 is 1.00 bits per heavy atom. The predicted molar refractivity (Wildman–Crippen MR) is 91.7 cm³/mol. The summed E-state index contributed by atoms with van der Waals surface area (Å²) in [7, 11) is 0. The van der Waals surface area contributed by atoms with Gasteiger partial charge < -0.3 is 5.32 Å². The first-order valence-electron chi connectivity index (χ1n) is 8.12. The van der Waals surface area contributed by atoms with Crippen LogP contribution in [0.4, 0.5) is 0 Å². The molecule has 1 N–H and O–H groups in total. The van der Waals surface area contributed by atoms with E-state index < -0.39 is 0 Å². The molecule has 118 valence electrons. The number of carbonyl (C=O) groups is 2. The molecule has 0 saturated carbocycles. The van der Waals surface area contributed by atoms with Gasteiger partial charge in [-0.25, -0.2) is 0 Å². The van der Waals surface area contributed by atoms with E-state index in [-0.39, 0.29) is 17.7 Å². The molecule has 0 aromatic heterocycles. The number of amides is 1. The Bertz CT molecular complexity index is 777. The molecule has 0 saturated heterocycles. The van der Waals surface area contributed by atoms with E-state index in [1.807, 2.05) is 30.3 Å². The van der Waals surface area contributed by atoms with Crippen LogP contribution in [0.25, 0.3) is 11.1 Å². The van der Waals surface area contributed by atoms with Gasteiger partial charge in [-0.15, -0.1) is 0 Å². The molecule has 23 heavy (non-hydrogen) atoms. The van der Waals surface area contributed by atoms with E-state index in [1.165, 1.54) is 0 Å². The second kappa shape index (κ2) is 5.99. The highest BCUT2D eigenvalue weighted by atomic mass is 16.1. The Hall–Kier alpha value is -2.42. The molecule has 0 aliphatic heterocycles. The quantitative estimate of drug-likeness (QED) is 0.790. The number of ketones is 1. The van der Waals surface area contributed by atoms with Crippen LogP contribution in [0.5, 0.6) is 0 Å². The molecule has 3 nitrogen and oxygen atoms in total. The van der Waals surface area contributed by atoms with Gasteiger partial charge in [-0.3, -0.25) is 9.59 Å². The predicted octanol–water partition coefficient (Wildman–Crippen LogP) is 4.06. The summed E-state index contributed by atoms with van der Waals surface area (Å²) in [5, 5.41) is 3.06. The molecule has 1 unspecified atom stereocenters. The smallest absolute Gasteiger partial charge is 0.251 e. The standard InChI is InChI=1S/C20H21NO2/c1-4-18(12(2)3)21-20(23)13-9-10-15-14-7-5-6-8-16(14)19(22)17(15)11-13/h5-12,18H,4H2,1-3H3,(H,21,23). The molecule has 1 amide bonds. The van der Waals surface area contributed by atoms with Crippen LogP contribution in [-0.2, 0) is 0 Å². The highest BCUT2D eigenvalue weighted by Gasteiger charge is 2.27. The van der Waals surface area contributed by atoms with Crippen molar-refractivity contribution in [3.63, 3.8) is 0 Å². The van der Waals surface area contributed by atoms with E-state index in [0.717, 1.165) is 17.5 Å². The van der Waals surface area contributed by atoms with Gasteiger partial charge in [0.05, 0.1) is 0 Å². The van der Waals surface area contributed by atoms with E-state index in [4.69, 9.17) is 0 Å². The van der Waals surface area contributed by atoms with Gasteiger partial charge in [0.2, 0.25) is 0 Å². The fourth-order valence-corrected chi connectivity index (χ4v) is 3.16. The average Bonchev–Trinajstić information content (AvgIpc) is 2.85. The second-order valence-corrected chi connectivity index (χ2v) is 6.37. The van der Waals surface area contributed by atoms with Gasteiger partial charge in [-0.05, 0) is 35.6 Å². The highest BCUT2D eigenvalue weighted by Crippen LogP contribution is 2.36. The number of rotatable bonds is 4. The van der Waals surface area contributed by atoms with Crippen molar-refractivity contribution in [1.29, 1.82) is 0 Å². The van der Waals surface area contributed by atoms with Crippen molar-refractivity contribution in [3.8, 4) is 11.1 Å². The lowest BCUT2D eigenvalue weighted by atomic mass is 10.00. The van der Waals surface area contributed by atoms with Crippen molar-refractivity contribution in [2.75, 3.05) is 0 Å². The van der Waals surface area contributed by atoms with Crippen LogP contribution < -0.4 is 5.32 Å². The number of benzene rings is 2. The van der Waals surface area contributed by atoms with Gasteiger partial charge in [0.25, 0.3) is 5.91 Å². The van der Waals surface area contributed by atoms with Crippen molar-refractivity contribution in [2.45, 2.75) is 33.2 Å². The Balaban J connectivity index is 1.91. The average molecular weight is 307 g/mol. The molecule has 1 aliphatic carbocycles. The zero-order valence-electron chi connectivity index (χ0n) is 13.7. The molecular formula is C20H21NO2. The Labute approximate surface area is 136 Å². The molecular weight excluding hydrogens is 286 g/mol. The van der Waals surface area contributed by atoms with Crippen molar-refractivity contribution in [3.05, 3.63) is 59.2 Å². The fourth-order valence-electron chi connectivity index (χ4n) is 3.16. The summed E-state index contributed by atoms with van der Waals surface area (Å²) in [4.78, 5) is 25.0. The van der Waals surface area contributed by atoms with Gasteiger partial charge >= 0.3 is 0 Å². The van der Waals surface area contributed by atoms with E-state index in [1.54, 1.807) is 12.1 Å². The van der Waals surface area contributed by atoms with Crippen LogP contribution in [-0.4, -0.2) is 17.7 Å². The van der Waals surface area contributed by atoms with Gasteiger partial charge in [0, 0.05) is 22.7 Å². The topological polar surface area (TPSA) is 46.2 Å². The van der Waals surface area contributed by atoms with Gasteiger partial charge in [-0.2, -0.15) is 0 Å². The third kappa shape index (κ3) is 2.67. The monoisotopic (exact) mass is 307 g/mol. The number of carbonyl (C=O) groups excluding carboxylic acids is 2. The Morgan fingerprint density at radius 2 is 1.65 bits per heavy atom. The van der Waals surface area contributed by atoms with Gasteiger partial charge in [-0.1, -0.05) is 51.1 Å². The number of nitrogens with one attached hydrogen (secondary N) is 1. The third-order valence-electron chi connectivity index (χ3n) is 4.55. The zero-order valence-corrected chi connectivity index (χ0v) is 13.7. The van der Waals surface area contributed by atoms with Gasteiger partial charge in [0.15, 0.2) is 5.78 Å². The summed E-state index contributed by atoms with van der Waals surface area (Å²) >= 11 is 0. The van der Waals surface area contributed by atoms with Crippen LogP contribution in [0, 0.1) is 5.92 Å². The van der Waals surface area contributed by atoms with Crippen LogP contribution >= 0.6 is 0 Å². The Morgan fingerprint density at radius 3 is 2.30 bits per heavy atom. The lowest BCUT2D eigenvalue weighted by Gasteiger charge is -2.20. The first-order chi connectivity index (χ1) is 11.0. The summed E-state index contributed by atoms with van der Waals surface area (Å²) in [6.07, 6.45) is 0.888. The van der Waals surface area contributed by atoms with E-state index in [2.05, 4.69) is 26.1 Å². The first kappa shape index (κ1) is 15.5. The molecule has 2 aromatic rings. The SMILES string of the molecule is CCC(NC(=O)c1ccc2c(c1)C(=O)c1ccccc1-2)C(C)C. The molecule has 0 fully saturated rings. The minimum atomic E-state index is -0.114. The zero-order chi connectivity index (χ0) is 16.6. The second-order valence-electron chi connectivity index (χ2n) is 6.37. The molecule has 3 rings (SSSR count). The highest BCUT2D eigenvalue weighted by molar-refractivity contribution is 6.22. The van der Waals surface area contributed by atoms with E-state index >= 15 is 0 Å². The van der Waals surface area contributed by atoms with Crippen LogP contribution in [0.2, 0.25) is 0 Å². The maximum atomic E-state index is 12.5. The van der Waals surface area contributed by atoms with Crippen molar-refractivity contribution in [2.24, 2.45) is 5.92 Å². The lowest BCUT2D eigenvalue weighted by molar-refractivity contribution is 0.0924. The summed E-state index contributed by atoms with van der Waals surface area (Å²) < 4.78 is 0. The minimum Gasteiger partial charge on any atom is -0.349 e. The van der Waals surface area contributed by atoms with Crippen molar-refractivity contribution < 1.29 is 9.59 Å². The molecule has 0 bridgehead atoms. The molecule has 3 heteroatoms. The van der Waals surface area contributed by atoms with Crippen LogP contribution in [0.15, 0.2) is 42.5 Å². The number of fused-ring (bicyclic) bond motifs is 3. The summed E-state index contributed by atoms with van der Waals surface area (Å²) in [6, 6.07) is 13.1. The molecule has 0 radical (unpaired) electrons. The fraction of sp³-hybridized carbons (Fsp3) is 0.300. The largest absolute Gasteiger partial charge is 0.349 e. The van der Waals surface area contributed by atoms with Crippen LogP contribution in [0.3, 0.4) is 0 Å². The normalized spacial score (nSPS) is 13.7. The van der Waals surface area contributed by atoms with Crippen LogP contribution in [0.1, 0.15) is 53.5 Å². The molecule has 1 aliphatic rings. The summed E-state index contributed by atoms with van der Waals surface area (Å²) in [5.41, 5.74) is 3.75. The van der Waals surface area contributed by atoms with Crippen molar-refractivity contribution in [1.82, 2.24) is 5.32 Å². The molecule has 0 spiro atoms.